The van der Waals surface area contributed by atoms with Gasteiger partial charge in [-0.1, -0.05) is 0 Å². The molecule has 0 aliphatic carbocycles. The molecule has 0 aliphatic rings. The van der Waals surface area contributed by atoms with Gasteiger partial charge >= 0.3 is 5.97 Å². The van der Waals surface area contributed by atoms with Crippen LogP contribution in [0.3, 0.4) is 0 Å². The van der Waals surface area contributed by atoms with Gasteiger partial charge in [-0.2, -0.15) is 0 Å². The summed E-state index contributed by atoms with van der Waals surface area (Å²) in [5.74, 6) is -0.510. The third-order valence-corrected chi connectivity index (χ3v) is 3.57. The van der Waals surface area contributed by atoms with Crippen molar-refractivity contribution >= 4 is 38.4 Å². The molecule has 0 saturated carbocycles. The highest BCUT2D eigenvalue weighted by Gasteiger charge is 2.17. The lowest BCUT2D eigenvalue weighted by molar-refractivity contribution is -0.384. The van der Waals surface area contributed by atoms with Gasteiger partial charge in [-0.05, 0) is 47.0 Å². The fraction of sp³-hybridized carbons (Fsp3) is 0.286. The monoisotopic (exact) mass is 355 g/mol. The Labute approximate surface area is 130 Å². The molecule has 0 N–H and O–H groups in total. The maximum Gasteiger partial charge on any atom is 0.335 e. The number of hydrogen-bond donors (Lipinski definition) is 0. The van der Waals surface area contributed by atoms with E-state index >= 15 is 0 Å². The molecule has 0 amide bonds. The molecule has 0 bridgehead atoms. The van der Waals surface area contributed by atoms with Crippen LogP contribution in [0.4, 0.5) is 5.69 Å². The molecule has 1 aromatic carbocycles. The van der Waals surface area contributed by atoms with Crippen molar-refractivity contribution < 1.29 is 19.2 Å². The summed E-state index contributed by atoms with van der Waals surface area (Å²) in [5, 5.41) is 10.6. The van der Waals surface area contributed by atoms with E-state index in [-0.39, 0.29) is 25.1 Å². The number of carbonyl (C=O) groups excluding carboxylic acids is 2. The maximum atomic E-state index is 11.9. The van der Waals surface area contributed by atoms with Crippen LogP contribution in [0.15, 0.2) is 29.8 Å². The van der Waals surface area contributed by atoms with E-state index in [1.54, 1.807) is 6.92 Å². The van der Waals surface area contributed by atoms with Gasteiger partial charge in [0, 0.05) is 23.0 Å². The largest absolute Gasteiger partial charge is 0.463 e. The Bertz CT molecular complexity index is 565. The number of nitrogens with zero attached hydrogens (tertiary/aromatic N) is 1. The minimum Gasteiger partial charge on any atom is -0.463 e. The molecule has 0 atom stereocenters. The Morgan fingerprint density at radius 3 is 2.48 bits per heavy atom. The minimum atomic E-state index is -0.510. The first-order valence-electron chi connectivity index (χ1n) is 6.25. The van der Waals surface area contributed by atoms with Gasteiger partial charge in [-0.3, -0.25) is 10.1 Å². The number of ether oxygens (including phenoxy) is 1. The predicted molar refractivity (Wildman–Crippen MR) is 80.9 cm³/mol. The van der Waals surface area contributed by atoms with Crippen molar-refractivity contribution in [2.75, 3.05) is 6.61 Å². The van der Waals surface area contributed by atoms with Crippen LogP contribution in [0.2, 0.25) is 0 Å². The minimum absolute atomic E-state index is 0.0374. The van der Waals surface area contributed by atoms with Gasteiger partial charge in [0.25, 0.3) is 5.69 Å². The van der Waals surface area contributed by atoms with Crippen molar-refractivity contribution in [2.45, 2.75) is 19.8 Å². The summed E-state index contributed by atoms with van der Waals surface area (Å²) in [4.78, 5) is 32.5. The molecular weight excluding hydrogens is 342 g/mol. The van der Waals surface area contributed by atoms with E-state index in [2.05, 4.69) is 15.9 Å². The van der Waals surface area contributed by atoms with Gasteiger partial charge in [0.2, 0.25) is 0 Å². The highest BCUT2D eigenvalue weighted by molar-refractivity contribution is 9.15. The van der Waals surface area contributed by atoms with Crippen molar-refractivity contribution in [1.82, 2.24) is 0 Å². The molecule has 6 nitrogen and oxygen atoms in total. The number of hydrogen-bond acceptors (Lipinski definition) is 5. The zero-order valence-electron chi connectivity index (χ0n) is 11.4. The van der Waals surface area contributed by atoms with Gasteiger partial charge in [0.1, 0.15) is 6.29 Å². The SMILES string of the molecule is CCOC(=O)/C(CCC=O)=C(\Br)c1ccc([N+](=O)[O-])cc1. The standard InChI is InChI=1S/C14H14BrNO5/c1-2-21-14(18)12(4-3-9-17)13(15)10-5-7-11(8-6-10)16(19)20/h5-9H,2-4H2,1H3/b13-12-. The highest BCUT2D eigenvalue weighted by Crippen LogP contribution is 2.29. The summed E-state index contributed by atoms with van der Waals surface area (Å²) < 4.78 is 5.42. The molecule has 1 aromatic rings. The summed E-state index contributed by atoms with van der Waals surface area (Å²) in [5.41, 5.74) is 0.900. The number of non-ortho nitro benzene ring substituents is 1. The lowest BCUT2D eigenvalue weighted by atomic mass is 10.1. The quantitative estimate of drug-likeness (QED) is 0.246. The summed E-state index contributed by atoms with van der Waals surface area (Å²) in [6.45, 7) is 1.92. The van der Waals surface area contributed by atoms with Gasteiger partial charge in [-0.25, -0.2) is 4.79 Å². The summed E-state index contributed by atoms with van der Waals surface area (Å²) in [6.07, 6.45) is 1.14. The lowest BCUT2D eigenvalue weighted by Gasteiger charge is -2.09. The molecule has 0 saturated heterocycles. The van der Waals surface area contributed by atoms with Crippen LogP contribution in [-0.2, 0) is 14.3 Å². The van der Waals surface area contributed by atoms with Crippen LogP contribution < -0.4 is 0 Å². The molecule has 0 radical (unpaired) electrons. The van der Waals surface area contributed by atoms with E-state index in [0.717, 1.165) is 6.29 Å². The highest BCUT2D eigenvalue weighted by atomic mass is 79.9. The Morgan fingerprint density at radius 2 is 2.00 bits per heavy atom. The molecular formula is C14H14BrNO5. The normalized spacial score (nSPS) is 11.5. The van der Waals surface area contributed by atoms with Crippen molar-refractivity contribution in [3.63, 3.8) is 0 Å². The first kappa shape index (κ1) is 17.0. The fourth-order valence-corrected chi connectivity index (χ4v) is 2.25. The van der Waals surface area contributed by atoms with Crippen molar-refractivity contribution in [3.05, 3.63) is 45.5 Å². The third-order valence-electron chi connectivity index (χ3n) is 2.63. The Kier molecular flexibility index (Phi) is 6.74. The topological polar surface area (TPSA) is 86.5 Å². The van der Waals surface area contributed by atoms with Gasteiger partial charge < -0.3 is 9.53 Å². The number of benzene rings is 1. The number of nitro groups is 1. The Balaban J connectivity index is 3.14. The van der Waals surface area contributed by atoms with Crippen LogP contribution in [0.5, 0.6) is 0 Å². The second kappa shape index (κ2) is 8.31. The van der Waals surface area contributed by atoms with E-state index < -0.39 is 10.9 Å². The third kappa shape index (κ3) is 4.78. The summed E-state index contributed by atoms with van der Waals surface area (Å²) in [6, 6.07) is 5.75. The maximum absolute atomic E-state index is 11.9. The van der Waals surface area contributed by atoms with Crippen molar-refractivity contribution in [3.8, 4) is 0 Å². The zero-order chi connectivity index (χ0) is 15.8. The van der Waals surface area contributed by atoms with E-state index in [4.69, 9.17) is 4.74 Å². The number of rotatable bonds is 7. The molecule has 0 spiro atoms. The van der Waals surface area contributed by atoms with E-state index in [1.807, 2.05) is 0 Å². The smallest absolute Gasteiger partial charge is 0.335 e. The first-order valence-corrected chi connectivity index (χ1v) is 7.04. The Morgan fingerprint density at radius 1 is 1.38 bits per heavy atom. The van der Waals surface area contributed by atoms with Gasteiger partial charge in [0.05, 0.1) is 17.1 Å². The van der Waals surface area contributed by atoms with Crippen LogP contribution in [0.1, 0.15) is 25.3 Å². The summed E-state index contributed by atoms with van der Waals surface area (Å²) >= 11 is 3.31. The predicted octanol–water partition coefficient (Wildman–Crippen LogP) is 3.24. The number of carbonyl (C=O) groups is 2. The number of halogens is 1. The molecule has 112 valence electrons. The van der Waals surface area contributed by atoms with Crippen LogP contribution in [0.25, 0.3) is 4.48 Å². The van der Waals surface area contributed by atoms with Gasteiger partial charge in [0.15, 0.2) is 0 Å². The number of aldehydes is 1. The zero-order valence-corrected chi connectivity index (χ0v) is 13.0. The second-order valence-corrected chi connectivity index (χ2v) is 4.82. The molecule has 21 heavy (non-hydrogen) atoms. The van der Waals surface area contributed by atoms with Crippen molar-refractivity contribution in [1.29, 1.82) is 0 Å². The van der Waals surface area contributed by atoms with E-state index in [0.29, 0.717) is 15.6 Å². The molecule has 7 heteroatoms. The number of esters is 1. The molecule has 0 aliphatic heterocycles. The molecule has 0 aromatic heterocycles. The molecule has 1 rings (SSSR count). The molecule has 0 unspecified atom stereocenters. The van der Waals surface area contributed by atoms with Crippen molar-refractivity contribution in [2.24, 2.45) is 0 Å². The van der Waals surface area contributed by atoms with E-state index in [9.17, 15) is 19.7 Å². The lowest BCUT2D eigenvalue weighted by Crippen LogP contribution is -2.09. The van der Waals surface area contributed by atoms with Crippen LogP contribution in [0, 0.1) is 10.1 Å². The first-order chi connectivity index (χ1) is 10.0. The van der Waals surface area contributed by atoms with E-state index in [1.165, 1.54) is 24.3 Å². The summed E-state index contributed by atoms with van der Waals surface area (Å²) in [7, 11) is 0. The molecule has 0 fully saturated rings. The fourth-order valence-electron chi connectivity index (χ4n) is 1.63. The van der Waals surface area contributed by atoms with Crippen LogP contribution >= 0.6 is 15.9 Å². The molecule has 0 heterocycles. The second-order valence-electron chi connectivity index (χ2n) is 4.02. The van der Waals surface area contributed by atoms with Crippen LogP contribution in [-0.4, -0.2) is 23.8 Å². The van der Waals surface area contributed by atoms with Gasteiger partial charge in [-0.15, -0.1) is 0 Å². The number of nitro benzene ring substituents is 1. The average Bonchev–Trinajstić information content (AvgIpc) is 2.47. The Hall–Kier alpha value is -2.02. The average molecular weight is 356 g/mol.